The summed E-state index contributed by atoms with van der Waals surface area (Å²) >= 11 is 0. The second-order valence-electron chi connectivity index (χ2n) is 10.7. The molecule has 1 aliphatic carbocycles. The highest BCUT2D eigenvalue weighted by atomic mass is 16.4. The smallest absolute Gasteiger partial charge is 0.325 e. The van der Waals surface area contributed by atoms with E-state index in [1.807, 2.05) is 102 Å². The van der Waals surface area contributed by atoms with E-state index in [1.165, 1.54) is 0 Å². The number of aliphatic carboxylic acids is 2. The zero-order valence-corrected chi connectivity index (χ0v) is 22.2. The second-order valence-corrected chi connectivity index (χ2v) is 10.7. The van der Waals surface area contributed by atoms with Crippen LogP contribution in [-0.4, -0.2) is 39.6 Å². The summed E-state index contributed by atoms with van der Waals surface area (Å²) < 4.78 is 0. The number of carboxylic acid groups (broad SMARTS) is 2. The Morgan fingerprint density at radius 3 is 1.93 bits per heavy atom. The van der Waals surface area contributed by atoms with Crippen molar-refractivity contribution in [3.63, 3.8) is 0 Å². The number of fused-ring (bicyclic) bond motifs is 4. The third-order valence-electron chi connectivity index (χ3n) is 8.58. The van der Waals surface area contributed by atoms with E-state index in [-0.39, 0.29) is 13.0 Å². The third kappa shape index (κ3) is 3.74. The van der Waals surface area contributed by atoms with Gasteiger partial charge in [-0.3, -0.25) is 14.5 Å². The first-order valence-corrected chi connectivity index (χ1v) is 13.7. The fraction of sp³-hybridized carbons (Fsp3) is 0.111. The van der Waals surface area contributed by atoms with Crippen molar-refractivity contribution in [3.05, 3.63) is 149 Å². The summed E-state index contributed by atoms with van der Waals surface area (Å²) in [7, 11) is 0. The number of carboxylic acids is 2. The summed E-state index contributed by atoms with van der Waals surface area (Å²) in [5.74, 6) is -2.11. The zero-order valence-electron chi connectivity index (χ0n) is 22.2. The van der Waals surface area contributed by atoms with Crippen molar-refractivity contribution in [2.24, 2.45) is 0 Å². The van der Waals surface area contributed by atoms with Crippen LogP contribution in [0.1, 0.15) is 28.7 Å². The van der Waals surface area contributed by atoms with Gasteiger partial charge in [0.15, 0.2) is 0 Å². The van der Waals surface area contributed by atoms with Crippen molar-refractivity contribution in [2.45, 2.75) is 18.0 Å². The molecule has 5 heteroatoms. The molecule has 1 aliphatic heterocycles. The molecule has 41 heavy (non-hydrogen) atoms. The summed E-state index contributed by atoms with van der Waals surface area (Å²) in [6.07, 6.45) is -0.357. The molecule has 2 N–H and O–H groups in total. The quantitative estimate of drug-likeness (QED) is 0.249. The van der Waals surface area contributed by atoms with Crippen molar-refractivity contribution in [3.8, 4) is 11.1 Å². The van der Waals surface area contributed by atoms with E-state index >= 15 is 0 Å². The Bertz CT molecular complexity index is 1830. The molecule has 0 fully saturated rings. The highest BCUT2D eigenvalue weighted by Crippen LogP contribution is 2.57. The molecule has 1 heterocycles. The van der Waals surface area contributed by atoms with E-state index < -0.39 is 23.5 Å². The van der Waals surface area contributed by atoms with Crippen molar-refractivity contribution in [2.75, 3.05) is 6.54 Å². The topological polar surface area (TPSA) is 77.8 Å². The summed E-state index contributed by atoms with van der Waals surface area (Å²) in [6.45, 7) is 0.273. The fourth-order valence-corrected chi connectivity index (χ4v) is 7.01. The van der Waals surface area contributed by atoms with Crippen LogP contribution >= 0.6 is 0 Å². The molecule has 0 radical (unpaired) electrons. The normalized spacial score (nSPS) is 17.4. The molecule has 0 saturated carbocycles. The standard InChI is InChI=1S/C36H27NO4/c38-33(39)21-29-30(25-19-18-23-10-4-5-11-24(23)20-25)22-37(34(29)35(40)41)36(26-12-2-1-3-13-26)31-16-8-6-14-27(31)28-15-7-9-17-32(28)36/h1-20,34H,21-22H2,(H,38,39)(H,40,41)/t34-/m0/s1. The Balaban J connectivity index is 1.52. The summed E-state index contributed by atoms with van der Waals surface area (Å²) in [4.78, 5) is 27.5. The molecule has 0 amide bonds. The Morgan fingerprint density at radius 1 is 0.707 bits per heavy atom. The summed E-state index contributed by atoms with van der Waals surface area (Å²) in [6, 6.07) is 39.2. The van der Waals surface area contributed by atoms with Crippen LogP contribution in [0.4, 0.5) is 0 Å². The minimum Gasteiger partial charge on any atom is -0.481 e. The average Bonchev–Trinajstić information content (AvgIpc) is 3.51. The van der Waals surface area contributed by atoms with Gasteiger partial charge in [0, 0.05) is 6.54 Å². The number of carbonyl (C=O) groups is 2. The maximum absolute atomic E-state index is 13.3. The van der Waals surface area contributed by atoms with E-state index in [0.29, 0.717) is 5.57 Å². The fourth-order valence-electron chi connectivity index (χ4n) is 7.01. The molecule has 7 rings (SSSR count). The molecule has 200 valence electrons. The lowest BCUT2D eigenvalue weighted by Gasteiger charge is -2.44. The van der Waals surface area contributed by atoms with Gasteiger partial charge >= 0.3 is 11.9 Å². The molecule has 0 unspecified atom stereocenters. The van der Waals surface area contributed by atoms with Crippen molar-refractivity contribution >= 4 is 28.3 Å². The zero-order chi connectivity index (χ0) is 28.1. The van der Waals surface area contributed by atoms with Gasteiger partial charge in [0.05, 0.1) is 12.0 Å². The van der Waals surface area contributed by atoms with Crippen molar-refractivity contribution in [1.82, 2.24) is 4.90 Å². The Labute approximate surface area is 237 Å². The van der Waals surface area contributed by atoms with Crippen LogP contribution in [0.25, 0.3) is 27.5 Å². The molecule has 2 aliphatic rings. The molecule has 0 spiro atoms. The van der Waals surface area contributed by atoms with Gasteiger partial charge in [-0.15, -0.1) is 0 Å². The van der Waals surface area contributed by atoms with Crippen LogP contribution in [0.15, 0.2) is 127 Å². The van der Waals surface area contributed by atoms with Gasteiger partial charge in [-0.2, -0.15) is 0 Å². The number of rotatable bonds is 6. The number of nitrogens with zero attached hydrogens (tertiary/aromatic N) is 1. The van der Waals surface area contributed by atoms with Crippen molar-refractivity contribution in [1.29, 1.82) is 0 Å². The molecule has 0 bridgehead atoms. The third-order valence-corrected chi connectivity index (χ3v) is 8.58. The van der Waals surface area contributed by atoms with E-state index in [2.05, 4.69) is 24.3 Å². The maximum atomic E-state index is 13.3. The first kappa shape index (κ1) is 25.0. The molecule has 5 nitrogen and oxygen atoms in total. The Kier molecular flexibility index (Phi) is 5.84. The predicted molar refractivity (Wildman–Crippen MR) is 159 cm³/mol. The van der Waals surface area contributed by atoms with Crippen LogP contribution in [0.3, 0.4) is 0 Å². The Morgan fingerprint density at radius 2 is 1.29 bits per heavy atom. The maximum Gasteiger partial charge on any atom is 0.325 e. The van der Waals surface area contributed by atoms with Crippen molar-refractivity contribution < 1.29 is 19.8 Å². The van der Waals surface area contributed by atoms with Crippen LogP contribution in [0.2, 0.25) is 0 Å². The molecule has 5 aromatic rings. The highest BCUT2D eigenvalue weighted by Gasteiger charge is 2.55. The first-order chi connectivity index (χ1) is 20.0. The van der Waals surface area contributed by atoms with E-state index in [0.717, 1.165) is 49.7 Å². The van der Waals surface area contributed by atoms with E-state index in [1.54, 1.807) is 0 Å². The lowest BCUT2D eigenvalue weighted by molar-refractivity contribution is -0.142. The van der Waals surface area contributed by atoms with Gasteiger partial charge in [0.2, 0.25) is 0 Å². The number of hydrogen-bond donors (Lipinski definition) is 2. The summed E-state index contributed by atoms with van der Waals surface area (Å²) in [5.41, 5.74) is 6.10. The van der Waals surface area contributed by atoms with Crippen LogP contribution in [0, 0.1) is 0 Å². The Hall–Kier alpha value is -5.00. The SMILES string of the molecule is O=C(O)CC1=C(c2ccc3ccccc3c2)CN(C2(c3ccccc3)c3ccccc3-c3ccccc32)[C@@H]1C(=O)O. The van der Waals surface area contributed by atoms with Gasteiger partial charge in [-0.25, -0.2) is 0 Å². The summed E-state index contributed by atoms with van der Waals surface area (Å²) in [5, 5.41) is 23.0. The number of hydrogen-bond acceptors (Lipinski definition) is 3. The average molecular weight is 538 g/mol. The molecule has 1 atom stereocenters. The lowest BCUT2D eigenvalue weighted by Crippen LogP contribution is -2.53. The van der Waals surface area contributed by atoms with Gasteiger partial charge < -0.3 is 10.2 Å². The molecule has 5 aromatic carbocycles. The largest absolute Gasteiger partial charge is 0.481 e. The second kappa shape index (κ2) is 9.58. The van der Waals surface area contributed by atoms with Crippen LogP contribution < -0.4 is 0 Å². The molecule has 0 aromatic heterocycles. The van der Waals surface area contributed by atoms with E-state index in [9.17, 15) is 19.8 Å². The monoisotopic (exact) mass is 537 g/mol. The molecule has 0 saturated heterocycles. The van der Waals surface area contributed by atoms with Crippen LogP contribution in [0.5, 0.6) is 0 Å². The van der Waals surface area contributed by atoms with Gasteiger partial charge in [-0.05, 0) is 61.4 Å². The van der Waals surface area contributed by atoms with Gasteiger partial charge in [0.25, 0.3) is 0 Å². The molecular weight excluding hydrogens is 510 g/mol. The van der Waals surface area contributed by atoms with E-state index in [4.69, 9.17) is 0 Å². The number of benzene rings is 5. The van der Waals surface area contributed by atoms with Gasteiger partial charge in [-0.1, -0.05) is 115 Å². The molecular formula is C36H27NO4. The highest BCUT2D eigenvalue weighted by molar-refractivity contribution is 5.94. The first-order valence-electron chi connectivity index (χ1n) is 13.7. The minimum absolute atomic E-state index is 0.273. The predicted octanol–water partition coefficient (Wildman–Crippen LogP) is 6.81. The minimum atomic E-state index is -1.15. The van der Waals surface area contributed by atoms with Gasteiger partial charge in [0.1, 0.15) is 6.04 Å². The van der Waals surface area contributed by atoms with Crippen LogP contribution in [-0.2, 0) is 15.1 Å². The lowest BCUT2D eigenvalue weighted by atomic mass is 9.78.